The van der Waals surface area contributed by atoms with E-state index in [-0.39, 0.29) is 12.6 Å². The first-order valence-electron chi connectivity index (χ1n) is 6.10. The van der Waals surface area contributed by atoms with Crippen molar-refractivity contribution in [1.29, 1.82) is 0 Å². The Morgan fingerprint density at radius 2 is 2.16 bits per heavy atom. The van der Waals surface area contributed by atoms with E-state index in [9.17, 15) is 8.42 Å². The highest BCUT2D eigenvalue weighted by Crippen LogP contribution is 2.22. The fourth-order valence-electron chi connectivity index (χ4n) is 1.56. The molecule has 0 unspecified atom stereocenters. The molecule has 0 saturated heterocycles. The van der Waals surface area contributed by atoms with E-state index in [0.717, 1.165) is 24.0 Å². The van der Waals surface area contributed by atoms with Gasteiger partial charge in [0.2, 0.25) is 0 Å². The number of hydrogen-bond donors (Lipinski definition) is 3. The van der Waals surface area contributed by atoms with Gasteiger partial charge in [0.25, 0.3) is 10.2 Å². The summed E-state index contributed by atoms with van der Waals surface area (Å²) in [5, 5.41) is 0. The van der Waals surface area contributed by atoms with Gasteiger partial charge < -0.3 is 5.73 Å². The molecule has 5 nitrogen and oxygen atoms in total. The molecule has 0 aliphatic heterocycles. The minimum absolute atomic E-state index is 0.0815. The van der Waals surface area contributed by atoms with Crippen LogP contribution in [0.25, 0.3) is 0 Å². The lowest BCUT2D eigenvalue weighted by Crippen LogP contribution is -2.32. The van der Waals surface area contributed by atoms with Gasteiger partial charge in [0.05, 0.1) is 12.2 Å². The van der Waals surface area contributed by atoms with Crippen LogP contribution in [0.5, 0.6) is 0 Å². The van der Waals surface area contributed by atoms with Crippen LogP contribution in [0.2, 0.25) is 0 Å². The standard InChI is InChI=1S/C13H17N3O2S/c1-10-4-5-11(3-2-8-14)9-13(10)16-19(17,18)15-12-6-7-12/h4-5,9,12,15-16H,6-8,14H2,1H3. The lowest BCUT2D eigenvalue weighted by atomic mass is 10.1. The highest BCUT2D eigenvalue weighted by atomic mass is 32.2. The first kappa shape index (κ1) is 13.9. The average molecular weight is 279 g/mol. The average Bonchev–Trinajstić information content (AvgIpc) is 3.13. The zero-order valence-electron chi connectivity index (χ0n) is 10.7. The van der Waals surface area contributed by atoms with Gasteiger partial charge in [-0.1, -0.05) is 17.9 Å². The van der Waals surface area contributed by atoms with E-state index in [1.807, 2.05) is 19.1 Å². The molecule has 0 atom stereocenters. The molecule has 0 bridgehead atoms. The normalized spacial score (nSPS) is 14.6. The number of hydrogen-bond acceptors (Lipinski definition) is 3. The molecular weight excluding hydrogens is 262 g/mol. The van der Waals surface area contributed by atoms with Gasteiger partial charge in [0.1, 0.15) is 0 Å². The maximum atomic E-state index is 11.8. The van der Waals surface area contributed by atoms with Crippen LogP contribution in [-0.4, -0.2) is 21.0 Å². The van der Waals surface area contributed by atoms with Crippen LogP contribution in [0.15, 0.2) is 18.2 Å². The molecule has 0 radical (unpaired) electrons. The van der Waals surface area contributed by atoms with Crippen molar-refractivity contribution in [3.63, 3.8) is 0 Å². The lowest BCUT2D eigenvalue weighted by molar-refractivity contribution is 0.586. The maximum Gasteiger partial charge on any atom is 0.299 e. The molecule has 0 amide bonds. The van der Waals surface area contributed by atoms with Crippen molar-refractivity contribution in [1.82, 2.24) is 4.72 Å². The molecule has 2 rings (SSSR count). The molecule has 1 saturated carbocycles. The fourth-order valence-corrected chi connectivity index (χ4v) is 2.80. The Morgan fingerprint density at radius 1 is 1.42 bits per heavy atom. The fraction of sp³-hybridized carbons (Fsp3) is 0.385. The topological polar surface area (TPSA) is 84.2 Å². The summed E-state index contributed by atoms with van der Waals surface area (Å²) in [6.45, 7) is 2.12. The summed E-state index contributed by atoms with van der Waals surface area (Å²) in [5.41, 5.74) is 7.43. The predicted octanol–water partition coefficient (Wildman–Crippen LogP) is 0.714. The van der Waals surface area contributed by atoms with Gasteiger partial charge in [-0.2, -0.15) is 13.1 Å². The molecule has 0 aromatic heterocycles. The molecule has 1 aliphatic carbocycles. The second kappa shape index (κ2) is 5.61. The van der Waals surface area contributed by atoms with Gasteiger partial charge in [-0.05, 0) is 37.5 Å². The van der Waals surface area contributed by atoms with Crippen LogP contribution in [0.1, 0.15) is 24.0 Å². The number of anilines is 1. The van der Waals surface area contributed by atoms with Crippen molar-refractivity contribution in [2.24, 2.45) is 5.73 Å². The van der Waals surface area contributed by atoms with Crippen LogP contribution in [0, 0.1) is 18.8 Å². The third kappa shape index (κ3) is 4.24. The van der Waals surface area contributed by atoms with E-state index >= 15 is 0 Å². The third-order valence-electron chi connectivity index (χ3n) is 2.72. The van der Waals surface area contributed by atoms with Crippen molar-refractivity contribution in [2.75, 3.05) is 11.3 Å². The Bertz CT molecular complexity index is 625. The molecule has 1 fully saturated rings. The summed E-state index contributed by atoms with van der Waals surface area (Å²) in [5.74, 6) is 5.62. The number of nitrogens with one attached hydrogen (secondary N) is 2. The van der Waals surface area contributed by atoms with Crippen molar-refractivity contribution in [3.05, 3.63) is 29.3 Å². The van der Waals surface area contributed by atoms with E-state index < -0.39 is 10.2 Å². The first-order chi connectivity index (χ1) is 9.00. The molecule has 1 aromatic carbocycles. The summed E-state index contributed by atoms with van der Waals surface area (Å²) < 4.78 is 28.8. The van der Waals surface area contributed by atoms with Crippen molar-refractivity contribution in [2.45, 2.75) is 25.8 Å². The molecule has 6 heteroatoms. The Morgan fingerprint density at radius 3 is 2.79 bits per heavy atom. The van der Waals surface area contributed by atoms with Crippen LogP contribution < -0.4 is 15.2 Å². The Kier molecular flexibility index (Phi) is 4.10. The summed E-state index contributed by atoms with van der Waals surface area (Å²) in [7, 11) is -3.50. The van der Waals surface area contributed by atoms with Crippen molar-refractivity contribution < 1.29 is 8.42 Å². The molecule has 1 aliphatic rings. The molecule has 4 N–H and O–H groups in total. The molecule has 19 heavy (non-hydrogen) atoms. The smallest absolute Gasteiger partial charge is 0.299 e. The van der Waals surface area contributed by atoms with Crippen LogP contribution in [-0.2, 0) is 10.2 Å². The maximum absolute atomic E-state index is 11.8. The summed E-state index contributed by atoms with van der Waals surface area (Å²) in [6.07, 6.45) is 1.81. The molecule has 0 spiro atoms. The molecule has 102 valence electrons. The minimum atomic E-state index is -3.50. The Balaban J connectivity index is 2.18. The molecule has 1 aromatic rings. The van der Waals surface area contributed by atoms with Gasteiger partial charge >= 0.3 is 0 Å². The van der Waals surface area contributed by atoms with Gasteiger partial charge in [0.15, 0.2) is 0 Å². The van der Waals surface area contributed by atoms with Gasteiger partial charge in [-0.3, -0.25) is 4.72 Å². The molecule has 0 heterocycles. The summed E-state index contributed by atoms with van der Waals surface area (Å²) in [6, 6.07) is 5.46. The van der Waals surface area contributed by atoms with E-state index in [4.69, 9.17) is 5.73 Å². The number of rotatable bonds is 4. The predicted molar refractivity (Wildman–Crippen MR) is 75.8 cm³/mol. The minimum Gasteiger partial charge on any atom is -0.320 e. The zero-order valence-corrected chi connectivity index (χ0v) is 11.5. The van der Waals surface area contributed by atoms with E-state index in [2.05, 4.69) is 21.3 Å². The second-order valence-electron chi connectivity index (χ2n) is 4.53. The highest BCUT2D eigenvalue weighted by Gasteiger charge is 2.26. The number of nitrogens with two attached hydrogens (primary N) is 1. The summed E-state index contributed by atoms with van der Waals surface area (Å²) >= 11 is 0. The zero-order chi connectivity index (χ0) is 13.9. The van der Waals surface area contributed by atoms with Crippen LogP contribution in [0.4, 0.5) is 5.69 Å². The SMILES string of the molecule is Cc1ccc(C#CCN)cc1NS(=O)(=O)NC1CC1. The highest BCUT2D eigenvalue weighted by molar-refractivity contribution is 7.90. The third-order valence-corrected chi connectivity index (χ3v) is 3.85. The monoisotopic (exact) mass is 279 g/mol. The van der Waals surface area contributed by atoms with E-state index in [0.29, 0.717) is 5.69 Å². The quantitative estimate of drug-likeness (QED) is 0.710. The second-order valence-corrected chi connectivity index (χ2v) is 5.98. The number of aryl methyl sites for hydroxylation is 1. The van der Waals surface area contributed by atoms with E-state index in [1.165, 1.54) is 0 Å². The molecular formula is C13H17N3O2S. The van der Waals surface area contributed by atoms with E-state index in [1.54, 1.807) is 6.07 Å². The lowest BCUT2D eigenvalue weighted by Gasteiger charge is -2.11. The van der Waals surface area contributed by atoms with Gasteiger partial charge in [-0.15, -0.1) is 0 Å². The Labute approximate surface area is 113 Å². The van der Waals surface area contributed by atoms with Gasteiger partial charge in [-0.25, -0.2) is 0 Å². The van der Waals surface area contributed by atoms with Crippen molar-refractivity contribution in [3.8, 4) is 11.8 Å². The van der Waals surface area contributed by atoms with Crippen LogP contribution >= 0.6 is 0 Å². The Hall–Kier alpha value is -1.55. The number of benzene rings is 1. The largest absolute Gasteiger partial charge is 0.320 e. The summed E-state index contributed by atoms with van der Waals surface area (Å²) in [4.78, 5) is 0. The van der Waals surface area contributed by atoms with Crippen LogP contribution in [0.3, 0.4) is 0 Å². The van der Waals surface area contributed by atoms with Gasteiger partial charge in [0, 0.05) is 11.6 Å². The van der Waals surface area contributed by atoms with Crippen molar-refractivity contribution >= 4 is 15.9 Å². The first-order valence-corrected chi connectivity index (χ1v) is 7.58.